The molecule has 1 unspecified atom stereocenters. The van der Waals surface area contributed by atoms with Crippen LogP contribution in [0.2, 0.25) is 0 Å². The Balaban J connectivity index is 1.68. The van der Waals surface area contributed by atoms with Crippen molar-refractivity contribution in [3.05, 3.63) is 59.9 Å². The van der Waals surface area contributed by atoms with Crippen LogP contribution in [-0.4, -0.2) is 57.7 Å². The lowest BCUT2D eigenvalue weighted by Gasteiger charge is -2.33. The van der Waals surface area contributed by atoms with Crippen LogP contribution >= 0.6 is 0 Å². The highest BCUT2D eigenvalue weighted by molar-refractivity contribution is 5.92. The molecule has 1 saturated heterocycles. The first-order chi connectivity index (χ1) is 15.0. The van der Waals surface area contributed by atoms with Crippen molar-refractivity contribution < 1.29 is 9.18 Å². The largest absolute Gasteiger partial charge is 0.347 e. The third-order valence-electron chi connectivity index (χ3n) is 5.65. The lowest BCUT2D eigenvalue weighted by Crippen LogP contribution is -2.39. The zero-order valence-corrected chi connectivity index (χ0v) is 18.1. The smallest absolute Gasteiger partial charge is 0.274 e. The fourth-order valence-electron chi connectivity index (χ4n) is 4.00. The van der Waals surface area contributed by atoms with Crippen molar-refractivity contribution in [3.63, 3.8) is 0 Å². The number of hydrogen-bond acceptors (Lipinski definition) is 5. The first-order valence-corrected chi connectivity index (χ1v) is 10.6. The van der Waals surface area contributed by atoms with Gasteiger partial charge in [-0.2, -0.15) is 5.10 Å². The molecule has 0 radical (unpaired) electrons. The van der Waals surface area contributed by atoms with Crippen molar-refractivity contribution in [1.82, 2.24) is 24.6 Å². The molecule has 1 amide bonds. The van der Waals surface area contributed by atoms with Crippen LogP contribution in [-0.2, 0) is 6.54 Å². The van der Waals surface area contributed by atoms with Crippen LogP contribution in [0.5, 0.6) is 0 Å². The summed E-state index contributed by atoms with van der Waals surface area (Å²) in [5.74, 6) is 0.174. The highest BCUT2D eigenvalue weighted by atomic mass is 19.1. The van der Waals surface area contributed by atoms with Crippen molar-refractivity contribution in [2.45, 2.75) is 32.2 Å². The van der Waals surface area contributed by atoms with Gasteiger partial charge in [-0.15, -0.1) is 0 Å². The number of piperidine rings is 1. The lowest BCUT2D eigenvalue weighted by atomic mass is 9.89. The Kier molecular flexibility index (Phi) is 5.97. The molecule has 3 aromatic rings. The van der Waals surface area contributed by atoms with Crippen LogP contribution in [0.25, 0.3) is 11.1 Å². The van der Waals surface area contributed by atoms with E-state index in [-0.39, 0.29) is 17.6 Å². The summed E-state index contributed by atoms with van der Waals surface area (Å²) < 4.78 is 16.4. The molecule has 1 aliphatic heterocycles. The first kappa shape index (κ1) is 21.0. The van der Waals surface area contributed by atoms with E-state index in [1.807, 2.05) is 43.1 Å². The summed E-state index contributed by atoms with van der Waals surface area (Å²) in [4.78, 5) is 25.9. The van der Waals surface area contributed by atoms with Gasteiger partial charge < -0.3 is 9.80 Å². The van der Waals surface area contributed by atoms with Gasteiger partial charge >= 0.3 is 0 Å². The van der Waals surface area contributed by atoms with E-state index >= 15 is 0 Å². The molecular formula is C23H27FN6O. The summed E-state index contributed by atoms with van der Waals surface area (Å²) >= 11 is 0. The highest BCUT2D eigenvalue weighted by Gasteiger charge is 2.30. The molecule has 31 heavy (non-hydrogen) atoms. The number of carbonyl (C=O) groups is 1. The van der Waals surface area contributed by atoms with Crippen LogP contribution in [0, 0.1) is 5.82 Å². The van der Waals surface area contributed by atoms with E-state index in [1.54, 1.807) is 29.1 Å². The molecule has 4 rings (SSSR count). The predicted octanol–water partition coefficient (Wildman–Crippen LogP) is 3.58. The maximum Gasteiger partial charge on any atom is 0.274 e. The van der Waals surface area contributed by atoms with Gasteiger partial charge in [-0.25, -0.2) is 14.4 Å². The lowest BCUT2D eigenvalue weighted by molar-refractivity contribution is 0.0699. The summed E-state index contributed by atoms with van der Waals surface area (Å²) in [7, 11) is 3.76. The SMILES string of the molecule is CCn1ccc(C(=O)N2CCCC(c3nc(N(C)C)ncc3-c3ccccc3F)C2)n1. The van der Waals surface area contributed by atoms with E-state index in [2.05, 4.69) is 10.1 Å². The fraction of sp³-hybridized carbons (Fsp3) is 0.391. The molecule has 162 valence electrons. The Morgan fingerprint density at radius 1 is 1.23 bits per heavy atom. The second-order valence-electron chi connectivity index (χ2n) is 7.99. The summed E-state index contributed by atoms with van der Waals surface area (Å²) in [5.41, 5.74) is 2.39. The van der Waals surface area contributed by atoms with Crippen LogP contribution in [0.15, 0.2) is 42.7 Å². The molecule has 0 spiro atoms. The van der Waals surface area contributed by atoms with Gasteiger partial charge in [0.2, 0.25) is 5.95 Å². The quantitative estimate of drug-likeness (QED) is 0.629. The molecule has 0 aliphatic carbocycles. The number of carbonyl (C=O) groups excluding carboxylic acids is 1. The molecule has 0 bridgehead atoms. The minimum Gasteiger partial charge on any atom is -0.347 e. The van der Waals surface area contributed by atoms with Crippen molar-refractivity contribution >= 4 is 11.9 Å². The number of benzene rings is 1. The summed E-state index contributed by atoms with van der Waals surface area (Å²) in [6.07, 6.45) is 5.24. The molecule has 1 atom stereocenters. The van der Waals surface area contributed by atoms with E-state index in [0.717, 1.165) is 25.1 Å². The molecule has 2 aromatic heterocycles. The van der Waals surface area contributed by atoms with Crippen LogP contribution < -0.4 is 4.90 Å². The molecule has 1 aromatic carbocycles. The molecule has 8 heteroatoms. The Labute approximate surface area is 181 Å². The fourth-order valence-corrected chi connectivity index (χ4v) is 4.00. The average Bonchev–Trinajstić information content (AvgIpc) is 3.28. The Hall–Kier alpha value is -3.29. The number of halogens is 1. The topological polar surface area (TPSA) is 67.2 Å². The summed E-state index contributed by atoms with van der Waals surface area (Å²) in [6, 6.07) is 8.43. The normalized spacial score (nSPS) is 16.4. The minimum atomic E-state index is -0.307. The van der Waals surface area contributed by atoms with Crippen LogP contribution in [0.3, 0.4) is 0 Å². The second kappa shape index (κ2) is 8.83. The number of aryl methyl sites for hydroxylation is 1. The van der Waals surface area contributed by atoms with Crippen LogP contribution in [0.1, 0.15) is 41.9 Å². The number of rotatable bonds is 5. The zero-order valence-electron chi connectivity index (χ0n) is 18.1. The van der Waals surface area contributed by atoms with Crippen molar-refractivity contribution in [2.75, 3.05) is 32.1 Å². The van der Waals surface area contributed by atoms with Gasteiger partial charge in [0.15, 0.2) is 0 Å². The Morgan fingerprint density at radius 2 is 2.03 bits per heavy atom. The molecule has 1 aliphatic rings. The molecular weight excluding hydrogens is 395 g/mol. The molecule has 3 heterocycles. The highest BCUT2D eigenvalue weighted by Crippen LogP contribution is 2.35. The molecule has 1 fully saturated rings. The van der Waals surface area contributed by atoms with E-state index in [4.69, 9.17) is 4.98 Å². The number of nitrogens with zero attached hydrogens (tertiary/aromatic N) is 6. The number of likely N-dealkylation sites (tertiary alicyclic amines) is 1. The summed E-state index contributed by atoms with van der Waals surface area (Å²) in [5, 5.41) is 4.36. The number of anilines is 1. The number of hydrogen-bond donors (Lipinski definition) is 0. The van der Waals surface area contributed by atoms with E-state index in [9.17, 15) is 9.18 Å². The monoisotopic (exact) mass is 422 g/mol. The predicted molar refractivity (Wildman–Crippen MR) is 118 cm³/mol. The number of amides is 1. The standard InChI is InChI=1S/C23H27FN6O/c1-4-30-13-11-20(27-30)22(31)29-12-7-8-16(15-29)21-18(14-25-23(26-21)28(2)3)17-9-5-6-10-19(17)24/h5-6,9-11,13-14,16H,4,7-8,12,15H2,1-3H3. The summed E-state index contributed by atoms with van der Waals surface area (Å²) in [6.45, 7) is 3.90. The Morgan fingerprint density at radius 3 is 2.74 bits per heavy atom. The maximum absolute atomic E-state index is 14.6. The van der Waals surface area contributed by atoms with Gasteiger partial charge in [-0.05, 0) is 31.9 Å². The number of aromatic nitrogens is 4. The molecule has 0 saturated carbocycles. The molecule has 0 N–H and O–H groups in total. The first-order valence-electron chi connectivity index (χ1n) is 10.6. The Bertz CT molecular complexity index is 1080. The van der Waals surface area contributed by atoms with Gasteiger partial charge in [0, 0.05) is 63.2 Å². The van der Waals surface area contributed by atoms with Gasteiger partial charge in [-0.3, -0.25) is 9.48 Å². The third-order valence-corrected chi connectivity index (χ3v) is 5.65. The third kappa shape index (κ3) is 4.28. The van der Waals surface area contributed by atoms with E-state index in [1.165, 1.54) is 6.07 Å². The maximum atomic E-state index is 14.6. The van der Waals surface area contributed by atoms with Crippen LogP contribution in [0.4, 0.5) is 10.3 Å². The van der Waals surface area contributed by atoms with Gasteiger partial charge in [-0.1, -0.05) is 18.2 Å². The van der Waals surface area contributed by atoms with Gasteiger partial charge in [0.05, 0.1) is 5.69 Å². The van der Waals surface area contributed by atoms with Crippen molar-refractivity contribution in [2.24, 2.45) is 0 Å². The molecule has 7 nitrogen and oxygen atoms in total. The van der Waals surface area contributed by atoms with Crippen molar-refractivity contribution in [1.29, 1.82) is 0 Å². The average molecular weight is 423 g/mol. The second-order valence-corrected chi connectivity index (χ2v) is 7.99. The van der Waals surface area contributed by atoms with E-state index in [0.29, 0.717) is 35.9 Å². The minimum absolute atomic E-state index is 0.0118. The van der Waals surface area contributed by atoms with E-state index < -0.39 is 0 Å². The van der Waals surface area contributed by atoms with Crippen molar-refractivity contribution in [3.8, 4) is 11.1 Å². The zero-order chi connectivity index (χ0) is 22.0. The van der Waals surface area contributed by atoms with Gasteiger partial charge in [0.1, 0.15) is 11.5 Å². The van der Waals surface area contributed by atoms with Gasteiger partial charge in [0.25, 0.3) is 5.91 Å².